The molecule has 0 unspecified atom stereocenters. The Balaban J connectivity index is 0.000000640. The molecule has 1 rings (SSSR count). The second-order valence-electron chi connectivity index (χ2n) is 2.91. The zero-order valence-electron chi connectivity index (χ0n) is 6.23. The zero-order chi connectivity index (χ0) is 5.82. The maximum atomic E-state index is 1.60. The fourth-order valence-corrected chi connectivity index (χ4v) is 3.31. The van der Waals surface area contributed by atoms with Crippen molar-refractivity contribution in [2.75, 3.05) is 0 Å². The van der Waals surface area contributed by atoms with Gasteiger partial charge in [-0.1, -0.05) is 0 Å². The third kappa shape index (κ3) is 3.59. The third-order valence-electron chi connectivity index (χ3n) is 2.30. The summed E-state index contributed by atoms with van der Waals surface area (Å²) in [6.07, 6.45) is 7.69. The Labute approximate surface area is 74.1 Å². The molecule has 0 N–H and O–H groups in total. The predicted molar refractivity (Wildman–Crippen MR) is 47.2 cm³/mol. The zero-order valence-corrected chi connectivity index (χ0v) is 11.2. The van der Waals surface area contributed by atoms with Crippen LogP contribution in [0.1, 0.15) is 32.1 Å². The van der Waals surface area contributed by atoms with Crippen molar-refractivity contribution in [3.05, 3.63) is 0 Å². The molecule has 0 heterocycles. The van der Waals surface area contributed by atoms with Crippen LogP contribution in [-0.4, -0.2) is 18.6 Å². The van der Waals surface area contributed by atoms with Crippen LogP contribution >= 0.6 is 12.4 Å². The SMILES string of the molecule is Cl.[GaH2][CH2]C1CCCCC1. The van der Waals surface area contributed by atoms with E-state index in [0.29, 0.717) is 0 Å². The van der Waals surface area contributed by atoms with Gasteiger partial charge in [-0.25, -0.2) is 0 Å². The van der Waals surface area contributed by atoms with Crippen LogP contribution in [0, 0.1) is 5.92 Å². The first kappa shape index (κ1) is 9.93. The molecule has 1 aliphatic rings. The summed E-state index contributed by atoms with van der Waals surface area (Å²) in [7, 11) is 0. The Morgan fingerprint density at radius 2 is 1.67 bits per heavy atom. The molecule has 1 saturated carbocycles. The van der Waals surface area contributed by atoms with Crippen molar-refractivity contribution in [1.29, 1.82) is 0 Å². The second-order valence-corrected chi connectivity index (χ2v) is 4.63. The van der Waals surface area contributed by atoms with Gasteiger partial charge in [0.1, 0.15) is 0 Å². The molecule has 0 spiro atoms. The summed E-state index contributed by atoms with van der Waals surface area (Å²) in [4.78, 5) is 1.60. The van der Waals surface area contributed by atoms with Crippen molar-refractivity contribution >= 4 is 31.0 Å². The summed E-state index contributed by atoms with van der Waals surface area (Å²) >= 11 is 1.12. The molecular formula is C7H16ClGa. The number of halogens is 1. The topological polar surface area (TPSA) is 0 Å². The normalized spacial score (nSPS) is 20.9. The van der Waals surface area contributed by atoms with Gasteiger partial charge in [-0.15, -0.1) is 12.4 Å². The summed E-state index contributed by atoms with van der Waals surface area (Å²) < 4.78 is 0. The van der Waals surface area contributed by atoms with E-state index >= 15 is 0 Å². The number of hydrogen-bond acceptors (Lipinski definition) is 0. The van der Waals surface area contributed by atoms with Crippen LogP contribution in [0.3, 0.4) is 0 Å². The van der Waals surface area contributed by atoms with E-state index in [1.165, 1.54) is 25.2 Å². The number of hydrogen-bond donors (Lipinski definition) is 0. The first-order valence-corrected chi connectivity index (χ1v) is 6.90. The molecule has 0 bridgehead atoms. The Kier molecular flexibility index (Phi) is 6.28. The van der Waals surface area contributed by atoms with E-state index in [0.717, 1.165) is 18.6 Å². The minimum atomic E-state index is 0. The molecule has 0 radical (unpaired) electrons. The molecule has 0 aromatic carbocycles. The fraction of sp³-hybridized carbons (Fsp3) is 1.00. The van der Waals surface area contributed by atoms with E-state index in [1.54, 1.807) is 17.8 Å². The molecule has 0 atom stereocenters. The van der Waals surface area contributed by atoms with Gasteiger partial charge in [0.2, 0.25) is 0 Å². The van der Waals surface area contributed by atoms with Crippen molar-refractivity contribution < 1.29 is 0 Å². The van der Waals surface area contributed by atoms with Crippen LogP contribution in [0.2, 0.25) is 4.98 Å². The molecule has 0 nitrogen and oxygen atoms in total. The Hall–Kier alpha value is 0.926. The monoisotopic (exact) mass is 204 g/mol. The molecular weight excluding hydrogens is 189 g/mol. The summed E-state index contributed by atoms with van der Waals surface area (Å²) in [5, 5.41) is 0. The summed E-state index contributed by atoms with van der Waals surface area (Å²) in [6, 6.07) is 0. The molecule has 0 aliphatic heterocycles. The van der Waals surface area contributed by atoms with E-state index < -0.39 is 0 Å². The van der Waals surface area contributed by atoms with E-state index in [1.807, 2.05) is 0 Å². The molecule has 0 aromatic rings. The predicted octanol–water partition coefficient (Wildman–Crippen LogP) is 2.04. The molecule has 0 saturated heterocycles. The second kappa shape index (κ2) is 5.69. The summed E-state index contributed by atoms with van der Waals surface area (Å²) in [5.74, 6) is 1.17. The van der Waals surface area contributed by atoms with Crippen molar-refractivity contribution in [2.45, 2.75) is 37.1 Å². The van der Waals surface area contributed by atoms with Crippen LogP contribution in [0.4, 0.5) is 0 Å². The quantitative estimate of drug-likeness (QED) is 0.575. The Morgan fingerprint density at radius 3 is 2.00 bits per heavy atom. The average molecular weight is 205 g/mol. The van der Waals surface area contributed by atoms with Crippen molar-refractivity contribution in [1.82, 2.24) is 0 Å². The van der Waals surface area contributed by atoms with Crippen LogP contribution in [-0.2, 0) is 0 Å². The van der Waals surface area contributed by atoms with Crippen LogP contribution < -0.4 is 0 Å². The van der Waals surface area contributed by atoms with Gasteiger partial charge in [-0.05, 0) is 0 Å². The van der Waals surface area contributed by atoms with E-state index in [2.05, 4.69) is 0 Å². The molecule has 0 amide bonds. The van der Waals surface area contributed by atoms with Gasteiger partial charge in [0.15, 0.2) is 0 Å². The first-order chi connectivity index (χ1) is 3.93. The summed E-state index contributed by atoms with van der Waals surface area (Å²) in [6.45, 7) is 0. The number of rotatable bonds is 1. The minimum absolute atomic E-state index is 0. The van der Waals surface area contributed by atoms with Gasteiger partial charge in [-0.2, -0.15) is 0 Å². The van der Waals surface area contributed by atoms with Gasteiger partial charge in [0.25, 0.3) is 0 Å². The van der Waals surface area contributed by atoms with Crippen molar-refractivity contribution in [3.8, 4) is 0 Å². The van der Waals surface area contributed by atoms with Crippen LogP contribution in [0.5, 0.6) is 0 Å². The van der Waals surface area contributed by atoms with E-state index in [9.17, 15) is 0 Å². The van der Waals surface area contributed by atoms with Gasteiger partial charge in [0, 0.05) is 0 Å². The molecule has 1 aliphatic carbocycles. The maximum absolute atomic E-state index is 1.60. The van der Waals surface area contributed by atoms with Crippen molar-refractivity contribution in [2.24, 2.45) is 5.92 Å². The van der Waals surface area contributed by atoms with Gasteiger partial charge in [0.05, 0.1) is 0 Å². The van der Waals surface area contributed by atoms with Gasteiger partial charge < -0.3 is 0 Å². The molecule has 1 fully saturated rings. The standard InChI is InChI=1S/C7H13.ClH.Ga.2H/c1-7-5-3-2-4-6-7;;;;/h7H,1-6H2;1H;;;. The fourth-order valence-electron chi connectivity index (χ4n) is 1.60. The van der Waals surface area contributed by atoms with Crippen LogP contribution in [0.25, 0.3) is 0 Å². The average Bonchev–Trinajstić information content (AvgIpc) is 1.90. The Bertz CT molecular complexity index is 59.9. The molecule has 9 heavy (non-hydrogen) atoms. The van der Waals surface area contributed by atoms with E-state index in [-0.39, 0.29) is 12.4 Å². The van der Waals surface area contributed by atoms with Gasteiger partial charge >= 0.3 is 61.6 Å². The molecule has 0 aromatic heterocycles. The van der Waals surface area contributed by atoms with E-state index in [4.69, 9.17) is 0 Å². The van der Waals surface area contributed by atoms with Crippen molar-refractivity contribution in [3.63, 3.8) is 0 Å². The van der Waals surface area contributed by atoms with Gasteiger partial charge in [-0.3, -0.25) is 0 Å². The molecule has 54 valence electrons. The first-order valence-electron chi connectivity index (χ1n) is 3.93. The Morgan fingerprint density at radius 1 is 1.11 bits per heavy atom. The third-order valence-corrected chi connectivity index (χ3v) is 4.72. The molecule has 2 heteroatoms. The van der Waals surface area contributed by atoms with Crippen LogP contribution in [0.15, 0.2) is 0 Å². The summed E-state index contributed by atoms with van der Waals surface area (Å²) in [5.41, 5.74) is 0.